The van der Waals surface area contributed by atoms with Gasteiger partial charge in [0.15, 0.2) is 5.96 Å². The lowest BCUT2D eigenvalue weighted by Gasteiger charge is -2.29. The fraction of sp³-hybridized carbons (Fsp3) is 0.304. The minimum atomic E-state index is -0.243. The number of nitrogens with zero attached hydrogens (tertiary/aromatic N) is 2. The normalized spacial score (nSPS) is 13.9. The van der Waals surface area contributed by atoms with Gasteiger partial charge in [0.2, 0.25) is 5.91 Å². The molecule has 1 aliphatic heterocycles. The number of benzene rings is 2. The van der Waals surface area contributed by atoms with Crippen LogP contribution in [0.5, 0.6) is 0 Å². The highest BCUT2D eigenvalue weighted by molar-refractivity contribution is 5.87. The molecule has 0 saturated heterocycles. The number of rotatable bonds is 5. The van der Waals surface area contributed by atoms with Crippen LogP contribution >= 0.6 is 0 Å². The van der Waals surface area contributed by atoms with Gasteiger partial charge in [-0.2, -0.15) is 0 Å². The maximum atomic E-state index is 13.5. The first-order chi connectivity index (χ1) is 14.6. The Hall–Kier alpha value is -3.35. The second-order valence-electron chi connectivity index (χ2n) is 7.44. The van der Waals surface area contributed by atoms with Crippen LogP contribution in [0, 0.1) is 5.82 Å². The standard InChI is InChI=1S/C23H26FN5O/c1-25-23(26-10-8-17-13-27-21-7-6-19(24)12-20(17)21)28-14-22(30)29-11-9-16-4-2-3-5-18(16)15-29/h2-7,12-13,27H,8-11,14-15H2,1H3,(H2,25,26,28). The smallest absolute Gasteiger partial charge is 0.242 e. The predicted molar refractivity (Wildman–Crippen MR) is 117 cm³/mol. The second kappa shape index (κ2) is 8.98. The summed E-state index contributed by atoms with van der Waals surface area (Å²) in [7, 11) is 1.68. The topological polar surface area (TPSA) is 72.5 Å². The van der Waals surface area contributed by atoms with Crippen LogP contribution in [0.25, 0.3) is 10.9 Å². The molecule has 2 heterocycles. The van der Waals surface area contributed by atoms with Crippen molar-refractivity contribution in [2.75, 3.05) is 26.7 Å². The van der Waals surface area contributed by atoms with Crippen LogP contribution in [0.4, 0.5) is 4.39 Å². The van der Waals surface area contributed by atoms with Gasteiger partial charge in [0.25, 0.3) is 0 Å². The van der Waals surface area contributed by atoms with E-state index in [-0.39, 0.29) is 18.3 Å². The maximum Gasteiger partial charge on any atom is 0.242 e. The van der Waals surface area contributed by atoms with Crippen LogP contribution in [0.3, 0.4) is 0 Å². The van der Waals surface area contributed by atoms with Gasteiger partial charge < -0.3 is 20.5 Å². The summed E-state index contributed by atoms with van der Waals surface area (Å²) in [5, 5.41) is 7.21. The minimum Gasteiger partial charge on any atom is -0.361 e. The number of hydrogen-bond donors (Lipinski definition) is 3. The molecule has 1 amide bonds. The zero-order chi connectivity index (χ0) is 20.9. The Morgan fingerprint density at radius 2 is 2.03 bits per heavy atom. The lowest BCUT2D eigenvalue weighted by Crippen LogP contribution is -2.46. The molecule has 3 aromatic rings. The quantitative estimate of drug-likeness (QED) is 0.450. The molecule has 7 heteroatoms. The van der Waals surface area contributed by atoms with Crippen molar-refractivity contribution in [2.45, 2.75) is 19.4 Å². The second-order valence-corrected chi connectivity index (χ2v) is 7.44. The number of aliphatic imine (C=N–C) groups is 1. The molecule has 0 saturated carbocycles. The molecule has 6 nitrogen and oxygen atoms in total. The van der Waals surface area contributed by atoms with Crippen LogP contribution in [-0.4, -0.2) is 48.4 Å². The molecular formula is C23H26FN5O. The highest BCUT2D eigenvalue weighted by Crippen LogP contribution is 2.20. The highest BCUT2D eigenvalue weighted by atomic mass is 19.1. The van der Waals surface area contributed by atoms with Gasteiger partial charge >= 0.3 is 0 Å². The third-order valence-corrected chi connectivity index (χ3v) is 5.53. The SMILES string of the molecule is CN=C(NCCc1c[nH]c2ccc(F)cc12)NCC(=O)N1CCc2ccccc2C1. The zero-order valence-electron chi connectivity index (χ0n) is 17.0. The summed E-state index contributed by atoms with van der Waals surface area (Å²) in [6, 6.07) is 13.0. The largest absolute Gasteiger partial charge is 0.361 e. The first-order valence-electron chi connectivity index (χ1n) is 10.2. The molecule has 0 fully saturated rings. The Kier molecular flexibility index (Phi) is 5.97. The number of hydrogen-bond acceptors (Lipinski definition) is 2. The Balaban J connectivity index is 1.26. The highest BCUT2D eigenvalue weighted by Gasteiger charge is 2.20. The van der Waals surface area contributed by atoms with E-state index in [0.29, 0.717) is 25.5 Å². The summed E-state index contributed by atoms with van der Waals surface area (Å²) in [5.41, 5.74) is 4.50. The van der Waals surface area contributed by atoms with Crippen molar-refractivity contribution in [1.82, 2.24) is 20.5 Å². The van der Waals surface area contributed by atoms with Crippen LogP contribution in [0.15, 0.2) is 53.7 Å². The number of nitrogens with one attached hydrogen (secondary N) is 3. The minimum absolute atomic E-state index is 0.0551. The zero-order valence-corrected chi connectivity index (χ0v) is 17.0. The van der Waals surface area contributed by atoms with Crippen LogP contribution in [0.1, 0.15) is 16.7 Å². The van der Waals surface area contributed by atoms with Gasteiger partial charge in [0.1, 0.15) is 5.82 Å². The Morgan fingerprint density at radius 3 is 2.87 bits per heavy atom. The Morgan fingerprint density at radius 1 is 1.20 bits per heavy atom. The molecule has 1 aromatic heterocycles. The number of carbonyl (C=O) groups excluding carboxylic acids is 1. The van der Waals surface area contributed by atoms with E-state index in [9.17, 15) is 9.18 Å². The van der Waals surface area contributed by atoms with E-state index in [2.05, 4.69) is 32.7 Å². The summed E-state index contributed by atoms with van der Waals surface area (Å²) in [5.74, 6) is 0.388. The summed E-state index contributed by atoms with van der Waals surface area (Å²) in [4.78, 5) is 21.8. The van der Waals surface area contributed by atoms with Gasteiger partial charge in [-0.15, -0.1) is 0 Å². The fourth-order valence-electron chi connectivity index (χ4n) is 3.87. The van der Waals surface area contributed by atoms with Crippen molar-refractivity contribution < 1.29 is 9.18 Å². The van der Waals surface area contributed by atoms with Gasteiger partial charge in [-0.05, 0) is 47.7 Å². The van der Waals surface area contributed by atoms with E-state index in [1.165, 1.54) is 17.2 Å². The van der Waals surface area contributed by atoms with Crippen LogP contribution in [0.2, 0.25) is 0 Å². The molecule has 0 atom stereocenters. The average molecular weight is 407 g/mol. The summed E-state index contributed by atoms with van der Waals surface area (Å²) in [6.07, 6.45) is 3.50. The lowest BCUT2D eigenvalue weighted by molar-refractivity contribution is -0.130. The number of guanidine groups is 1. The maximum absolute atomic E-state index is 13.5. The molecule has 3 N–H and O–H groups in total. The van der Waals surface area contributed by atoms with Crippen molar-refractivity contribution in [3.63, 3.8) is 0 Å². The number of aromatic amines is 1. The van der Waals surface area contributed by atoms with Crippen LogP contribution in [-0.2, 0) is 24.2 Å². The monoisotopic (exact) mass is 407 g/mol. The van der Waals surface area contributed by atoms with Crippen molar-refractivity contribution in [3.8, 4) is 0 Å². The Labute approximate surface area is 175 Å². The van der Waals surface area contributed by atoms with E-state index in [1.807, 2.05) is 23.2 Å². The van der Waals surface area contributed by atoms with Gasteiger partial charge in [-0.3, -0.25) is 9.79 Å². The van der Waals surface area contributed by atoms with Gasteiger partial charge in [-0.1, -0.05) is 24.3 Å². The van der Waals surface area contributed by atoms with Crippen molar-refractivity contribution in [3.05, 3.63) is 71.2 Å². The molecule has 0 spiro atoms. The predicted octanol–water partition coefficient (Wildman–Crippen LogP) is 2.60. The van der Waals surface area contributed by atoms with E-state index < -0.39 is 0 Å². The molecule has 0 radical (unpaired) electrons. The molecule has 4 rings (SSSR count). The molecule has 0 bridgehead atoms. The summed E-state index contributed by atoms with van der Waals surface area (Å²) in [6.45, 7) is 2.20. The van der Waals surface area contributed by atoms with E-state index in [0.717, 1.165) is 29.4 Å². The summed E-state index contributed by atoms with van der Waals surface area (Å²) >= 11 is 0. The number of H-pyrrole nitrogens is 1. The molecule has 30 heavy (non-hydrogen) atoms. The number of carbonyl (C=O) groups is 1. The number of amides is 1. The Bertz CT molecular complexity index is 1070. The fourth-order valence-corrected chi connectivity index (χ4v) is 3.87. The first-order valence-corrected chi connectivity index (χ1v) is 10.2. The molecule has 0 aliphatic carbocycles. The summed E-state index contributed by atoms with van der Waals surface area (Å²) < 4.78 is 13.5. The first kappa shape index (κ1) is 19.9. The third kappa shape index (κ3) is 4.45. The van der Waals surface area contributed by atoms with E-state index >= 15 is 0 Å². The van der Waals surface area contributed by atoms with Gasteiger partial charge in [-0.25, -0.2) is 4.39 Å². The van der Waals surface area contributed by atoms with E-state index in [1.54, 1.807) is 19.2 Å². The number of halogens is 1. The van der Waals surface area contributed by atoms with Crippen molar-refractivity contribution in [1.29, 1.82) is 0 Å². The third-order valence-electron chi connectivity index (χ3n) is 5.53. The van der Waals surface area contributed by atoms with Crippen molar-refractivity contribution in [2.24, 2.45) is 4.99 Å². The van der Waals surface area contributed by atoms with E-state index in [4.69, 9.17) is 0 Å². The number of aromatic nitrogens is 1. The average Bonchev–Trinajstić information content (AvgIpc) is 3.17. The molecule has 1 aliphatic rings. The molecular weight excluding hydrogens is 381 g/mol. The van der Waals surface area contributed by atoms with Crippen molar-refractivity contribution >= 4 is 22.8 Å². The molecule has 2 aromatic carbocycles. The van der Waals surface area contributed by atoms with Crippen LogP contribution < -0.4 is 10.6 Å². The lowest BCUT2D eigenvalue weighted by atomic mass is 10.00. The molecule has 0 unspecified atom stereocenters. The molecule has 156 valence electrons. The number of fused-ring (bicyclic) bond motifs is 2. The van der Waals surface area contributed by atoms with Gasteiger partial charge in [0.05, 0.1) is 6.54 Å². The van der Waals surface area contributed by atoms with Gasteiger partial charge in [0, 0.05) is 43.8 Å².